The Morgan fingerprint density at radius 1 is 1.53 bits per heavy atom. The van der Waals surface area contributed by atoms with Crippen molar-refractivity contribution in [1.29, 1.82) is 0 Å². The van der Waals surface area contributed by atoms with Crippen molar-refractivity contribution < 1.29 is 9.13 Å². The number of hydrogen-bond donors (Lipinski definition) is 2. The van der Waals surface area contributed by atoms with Crippen molar-refractivity contribution in [3.63, 3.8) is 0 Å². The number of rotatable bonds is 4. The third-order valence-electron chi connectivity index (χ3n) is 3.60. The van der Waals surface area contributed by atoms with Crippen molar-refractivity contribution in [2.24, 2.45) is 5.84 Å². The molecule has 1 fully saturated rings. The Balaban J connectivity index is 2.18. The van der Waals surface area contributed by atoms with Gasteiger partial charge < -0.3 is 4.74 Å². The topological polar surface area (TPSA) is 50.5 Å². The SMILES string of the molecule is CCN1CCOC(C(NN)c2cc(C)cc(F)c2)C1. The molecule has 1 aromatic carbocycles. The molecule has 2 atom stereocenters. The smallest absolute Gasteiger partial charge is 0.123 e. The Morgan fingerprint density at radius 2 is 2.32 bits per heavy atom. The first-order chi connectivity index (χ1) is 9.13. The zero-order chi connectivity index (χ0) is 13.8. The summed E-state index contributed by atoms with van der Waals surface area (Å²) in [5.41, 5.74) is 4.49. The van der Waals surface area contributed by atoms with E-state index in [9.17, 15) is 4.39 Å². The second-order valence-electron chi connectivity index (χ2n) is 5.01. The summed E-state index contributed by atoms with van der Waals surface area (Å²) in [6.07, 6.45) is -0.0556. The Morgan fingerprint density at radius 3 is 2.95 bits per heavy atom. The number of hydrogen-bond acceptors (Lipinski definition) is 4. The standard InChI is InChI=1S/C14H22FN3O/c1-3-18-4-5-19-13(9-18)14(17-16)11-6-10(2)7-12(15)8-11/h6-8,13-14,17H,3-5,9,16H2,1-2H3. The molecule has 1 saturated heterocycles. The number of nitrogens with two attached hydrogens (primary N) is 1. The molecule has 4 nitrogen and oxygen atoms in total. The highest BCUT2D eigenvalue weighted by molar-refractivity contribution is 5.27. The van der Waals surface area contributed by atoms with E-state index in [-0.39, 0.29) is 18.0 Å². The summed E-state index contributed by atoms with van der Waals surface area (Å²) in [4.78, 5) is 2.31. The molecule has 1 aliphatic rings. The molecule has 3 N–H and O–H groups in total. The van der Waals surface area contributed by atoms with Crippen LogP contribution in [0, 0.1) is 12.7 Å². The van der Waals surface area contributed by atoms with Gasteiger partial charge in [-0.05, 0) is 36.7 Å². The molecule has 1 aromatic rings. The van der Waals surface area contributed by atoms with Crippen LogP contribution in [0.15, 0.2) is 18.2 Å². The predicted octanol–water partition coefficient (Wildman–Crippen LogP) is 1.36. The monoisotopic (exact) mass is 267 g/mol. The summed E-state index contributed by atoms with van der Waals surface area (Å²) >= 11 is 0. The van der Waals surface area contributed by atoms with E-state index < -0.39 is 0 Å². The van der Waals surface area contributed by atoms with Crippen LogP contribution >= 0.6 is 0 Å². The Hall–Kier alpha value is -1.01. The van der Waals surface area contributed by atoms with Crippen molar-refractivity contribution in [1.82, 2.24) is 10.3 Å². The number of ether oxygens (including phenoxy) is 1. The third kappa shape index (κ3) is 3.51. The summed E-state index contributed by atoms with van der Waals surface area (Å²) in [6, 6.07) is 4.79. The summed E-state index contributed by atoms with van der Waals surface area (Å²) in [5, 5.41) is 0. The fraction of sp³-hybridized carbons (Fsp3) is 0.571. The highest BCUT2D eigenvalue weighted by atomic mass is 19.1. The van der Waals surface area contributed by atoms with Crippen molar-refractivity contribution in [2.45, 2.75) is 26.0 Å². The average molecular weight is 267 g/mol. The number of nitrogens with zero attached hydrogens (tertiary/aromatic N) is 1. The van der Waals surface area contributed by atoms with E-state index in [1.165, 1.54) is 12.1 Å². The lowest BCUT2D eigenvalue weighted by atomic mass is 9.98. The lowest BCUT2D eigenvalue weighted by Crippen LogP contribution is -2.49. The number of likely N-dealkylation sites (N-methyl/N-ethyl adjacent to an activating group) is 1. The van der Waals surface area contributed by atoms with E-state index in [0.717, 1.165) is 30.8 Å². The van der Waals surface area contributed by atoms with Gasteiger partial charge in [0.1, 0.15) is 5.82 Å². The van der Waals surface area contributed by atoms with Crippen LogP contribution in [-0.2, 0) is 4.74 Å². The number of halogens is 1. The van der Waals surface area contributed by atoms with Crippen LogP contribution < -0.4 is 11.3 Å². The molecule has 2 rings (SSSR count). The fourth-order valence-electron chi connectivity index (χ4n) is 2.58. The van der Waals surface area contributed by atoms with Gasteiger partial charge in [0.15, 0.2) is 0 Å². The summed E-state index contributed by atoms with van der Waals surface area (Å²) in [7, 11) is 0. The van der Waals surface area contributed by atoms with Gasteiger partial charge in [0.05, 0.1) is 18.8 Å². The molecule has 2 unspecified atom stereocenters. The first kappa shape index (κ1) is 14.4. The Labute approximate surface area is 113 Å². The van der Waals surface area contributed by atoms with Crippen molar-refractivity contribution in [2.75, 3.05) is 26.2 Å². The molecule has 5 heteroatoms. The van der Waals surface area contributed by atoms with Crippen LogP contribution in [0.3, 0.4) is 0 Å². The molecule has 0 radical (unpaired) electrons. The van der Waals surface area contributed by atoms with E-state index in [2.05, 4.69) is 17.2 Å². The molecular formula is C14H22FN3O. The predicted molar refractivity (Wildman–Crippen MR) is 73.1 cm³/mol. The van der Waals surface area contributed by atoms with Gasteiger partial charge in [-0.25, -0.2) is 4.39 Å². The summed E-state index contributed by atoms with van der Waals surface area (Å²) in [5.74, 6) is 5.41. The van der Waals surface area contributed by atoms with Crippen LogP contribution in [-0.4, -0.2) is 37.2 Å². The maximum absolute atomic E-state index is 13.5. The quantitative estimate of drug-likeness (QED) is 0.639. The molecule has 19 heavy (non-hydrogen) atoms. The first-order valence-electron chi connectivity index (χ1n) is 6.71. The van der Waals surface area contributed by atoms with Crippen molar-refractivity contribution in [3.05, 3.63) is 35.1 Å². The van der Waals surface area contributed by atoms with Crippen LogP contribution in [0.1, 0.15) is 24.1 Å². The number of nitrogens with one attached hydrogen (secondary N) is 1. The molecule has 1 heterocycles. The minimum absolute atomic E-state index is 0.0556. The van der Waals surface area contributed by atoms with Crippen molar-refractivity contribution in [3.8, 4) is 0 Å². The zero-order valence-electron chi connectivity index (χ0n) is 11.5. The number of morpholine rings is 1. The van der Waals surface area contributed by atoms with E-state index in [1.54, 1.807) is 0 Å². The van der Waals surface area contributed by atoms with Gasteiger partial charge in [-0.15, -0.1) is 0 Å². The number of hydrazine groups is 1. The number of aryl methyl sites for hydroxylation is 1. The van der Waals surface area contributed by atoms with Crippen molar-refractivity contribution >= 4 is 0 Å². The maximum atomic E-state index is 13.5. The van der Waals surface area contributed by atoms with Gasteiger partial charge in [0.25, 0.3) is 0 Å². The Bertz CT molecular complexity index is 407. The van der Waals surface area contributed by atoms with E-state index in [4.69, 9.17) is 10.6 Å². The van der Waals surface area contributed by atoms with Crippen LogP contribution in [0.4, 0.5) is 4.39 Å². The highest BCUT2D eigenvalue weighted by Crippen LogP contribution is 2.23. The maximum Gasteiger partial charge on any atom is 0.123 e. The van der Waals surface area contributed by atoms with Gasteiger partial charge in [-0.1, -0.05) is 13.0 Å². The van der Waals surface area contributed by atoms with Gasteiger partial charge in [-0.3, -0.25) is 16.2 Å². The second kappa shape index (κ2) is 6.43. The second-order valence-corrected chi connectivity index (χ2v) is 5.01. The van der Waals surface area contributed by atoms with E-state index in [0.29, 0.717) is 6.61 Å². The molecular weight excluding hydrogens is 245 g/mol. The zero-order valence-corrected chi connectivity index (χ0v) is 11.5. The van der Waals surface area contributed by atoms with Crippen LogP contribution in [0.5, 0.6) is 0 Å². The lowest BCUT2D eigenvalue weighted by molar-refractivity contribution is -0.0457. The minimum Gasteiger partial charge on any atom is -0.374 e. The lowest BCUT2D eigenvalue weighted by Gasteiger charge is -2.36. The van der Waals surface area contributed by atoms with Crippen LogP contribution in [0.2, 0.25) is 0 Å². The average Bonchev–Trinajstić information content (AvgIpc) is 2.39. The first-order valence-corrected chi connectivity index (χ1v) is 6.71. The molecule has 0 bridgehead atoms. The minimum atomic E-state index is -0.238. The molecule has 0 aliphatic carbocycles. The Kier molecular flexibility index (Phi) is 4.87. The third-order valence-corrected chi connectivity index (χ3v) is 3.60. The normalized spacial score (nSPS) is 22.4. The van der Waals surface area contributed by atoms with Gasteiger partial charge in [-0.2, -0.15) is 0 Å². The largest absolute Gasteiger partial charge is 0.374 e. The van der Waals surface area contributed by atoms with E-state index in [1.807, 2.05) is 13.0 Å². The molecule has 0 aromatic heterocycles. The molecule has 106 valence electrons. The van der Waals surface area contributed by atoms with Gasteiger partial charge in [0, 0.05) is 13.1 Å². The number of benzene rings is 1. The fourth-order valence-corrected chi connectivity index (χ4v) is 2.58. The summed E-state index contributed by atoms with van der Waals surface area (Å²) < 4.78 is 19.3. The molecule has 1 aliphatic heterocycles. The summed E-state index contributed by atoms with van der Waals surface area (Å²) in [6.45, 7) is 7.41. The van der Waals surface area contributed by atoms with Crippen LogP contribution in [0.25, 0.3) is 0 Å². The highest BCUT2D eigenvalue weighted by Gasteiger charge is 2.28. The molecule has 0 spiro atoms. The van der Waals surface area contributed by atoms with Gasteiger partial charge in [0.2, 0.25) is 0 Å². The molecule has 0 amide bonds. The van der Waals surface area contributed by atoms with E-state index >= 15 is 0 Å². The van der Waals surface area contributed by atoms with Gasteiger partial charge >= 0.3 is 0 Å². The molecule has 0 saturated carbocycles.